The summed E-state index contributed by atoms with van der Waals surface area (Å²) in [6.45, 7) is 2.80. The van der Waals surface area contributed by atoms with Crippen LogP contribution in [0.2, 0.25) is 0 Å². The molecule has 1 heterocycles. The van der Waals surface area contributed by atoms with E-state index in [9.17, 15) is 0 Å². The molecule has 3 nitrogen and oxygen atoms in total. The summed E-state index contributed by atoms with van der Waals surface area (Å²) in [5, 5.41) is 0. The van der Waals surface area contributed by atoms with Gasteiger partial charge in [0.15, 0.2) is 6.29 Å². The lowest BCUT2D eigenvalue weighted by atomic mass is 9.80. The van der Waals surface area contributed by atoms with E-state index in [1.54, 1.807) is 0 Å². The van der Waals surface area contributed by atoms with E-state index in [0.717, 1.165) is 55.2 Å². The van der Waals surface area contributed by atoms with Crippen molar-refractivity contribution in [3.63, 3.8) is 0 Å². The van der Waals surface area contributed by atoms with Crippen LogP contribution in [0, 0.1) is 0 Å². The second-order valence-corrected chi connectivity index (χ2v) is 10.8. The van der Waals surface area contributed by atoms with Crippen molar-refractivity contribution < 1.29 is 14.2 Å². The lowest BCUT2D eigenvalue weighted by molar-refractivity contribution is -0.259. The molecule has 0 aromatic heterocycles. The van der Waals surface area contributed by atoms with Gasteiger partial charge >= 0.3 is 0 Å². The van der Waals surface area contributed by atoms with Crippen molar-refractivity contribution in [2.45, 2.75) is 76.2 Å². The minimum atomic E-state index is -0.808. The standard InChI is InChI=1S/C38H42O3/c1-2-3-4-5-18-27-36-35(39-30-31-19-10-6-11-20-31)28-29-37(40-36)41-38(32-21-12-7-13-22-32,33-23-14-8-15-24-33)34-25-16-9-17-26-34/h4-17,19-26,35-37H,2-3,18,27-30H2,1H3/b5-4-/t35-,36-,37?/m1/s1. The molecule has 0 N–H and O–H groups in total. The van der Waals surface area contributed by atoms with Gasteiger partial charge in [0.25, 0.3) is 0 Å². The second-order valence-electron chi connectivity index (χ2n) is 10.8. The van der Waals surface area contributed by atoms with Crippen LogP contribution in [0.4, 0.5) is 0 Å². The average molecular weight is 547 g/mol. The van der Waals surface area contributed by atoms with E-state index in [0.29, 0.717) is 6.61 Å². The average Bonchev–Trinajstić information content (AvgIpc) is 3.05. The molecule has 3 heteroatoms. The highest BCUT2D eigenvalue weighted by Crippen LogP contribution is 2.43. The zero-order valence-corrected chi connectivity index (χ0v) is 24.1. The first-order valence-corrected chi connectivity index (χ1v) is 15.1. The molecule has 1 unspecified atom stereocenters. The molecule has 41 heavy (non-hydrogen) atoms. The molecule has 0 radical (unpaired) electrons. The summed E-state index contributed by atoms with van der Waals surface area (Å²) >= 11 is 0. The van der Waals surface area contributed by atoms with Gasteiger partial charge in [0, 0.05) is 6.42 Å². The first-order valence-electron chi connectivity index (χ1n) is 15.1. The lowest BCUT2D eigenvalue weighted by Crippen LogP contribution is -2.45. The molecule has 1 fully saturated rings. The topological polar surface area (TPSA) is 27.7 Å². The number of rotatable bonds is 13. The molecule has 1 aliphatic rings. The Hall–Kier alpha value is -3.50. The Morgan fingerprint density at radius 2 is 1.20 bits per heavy atom. The second kappa shape index (κ2) is 14.9. The van der Waals surface area contributed by atoms with Crippen LogP contribution in [0.3, 0.4) is 0 Å². The minimum Gasteiger partial charge on any atom is -0.371 e. The third-order valence-electron chi connectivity index (χ3n) is 7.82. The SMILES string of the molecule is CCC/C=C\CC[C@H]1OC(OC(c2ccccc2)(c2ccccc2)c2ccccc2)CC[C@H]1OCc1ccccc1. The maximum atomic E-state index is 7.23. The van der Waals surface area contributed by atoms with Gasteiger partial charge in [-0.15, -0.1) is 0 Å². The van der Waals surface area contributed by atoms with E-state index in [1.165, 1.54) is 5.56 Å². The zero-order valence-electron chi connectivity index (χ0n) is 24.1. The minimum absolute atomic E-state index is 0.0224. The predicted octanol–water partition coefficient (Wildman–Crippen LogP) is 9.22. The summed E-state index contributed by atoms with van der Waals surface area (Å²) in [4.78, 5) is 0. The number of ether oxygens (including phenoxy) is 3. The number of hydrogen-bond acceptors (Lipinski definition) is 3. The Kier molecular flexibility index (Phi) is 10.6. The molecule has 0 bridgehead atoms. The van der Waals surface area contributed by atoms with Crippen LogP contribution in [-0.2, 0) is 26.4 Å². The van der Waals surface area contributed by atoms with Crippen LogP contribution in [0.25, 0.3) is 0 Å². The molecule has 4 aromatic rings. The fourth-order valence-corrected chi connectivity index (χ4v) is 5.73. The molecule has 1 aliphatic heterocycles. The predicted molar refractivity (Wildman–Crippen MR) is 166 cm³/mol. The van der Waals surface area contributed by atoms with Crippen molar-refractivity contribution in [3.8, 4) is 0 Å². The van der Waals surface area contributed by atoms with Gasteiger partial charge in [0.1, 0.15) is 5.60 Å². The van der Waals surface area contributed by atoms with Gasteiger partial charge in [-0.25, -0.2) is 0 Å². The highest BCUT2D eigenvalue weighted by Gasteiger charge is 2.42. The van der Waals surface area contributed by atoms with E-state index < -0.39 is 5.60 Å². The summed E-state index contributed by atoms with van der Waals surface area (Å²) in [6.07, 6.45) is 9.93. The number of benzene rings is 4. The van der Waals surface area contributed by atoms with Gasteiger partial charge < -0.3 is 14.2 Å². The maximum absolute atomic E-state index is 7.23. The first kappa shape index (κ1) is 29.0. The van der Waals surface area contributed by atoms with Crippen molar-refractivity contribution in [2.75, 3.05) is 0 Å². The van der Waals surface area contributed by atoms with Crippen LogP contribution >= 0.6 is 0 Å². The van der Waals surface area contributed by atoms with Crippen molar-refractivity contribution in [1.82, 2.24) is 0 Å². The normalized spacial score (nSPS) is 19.4. The number of unbranched alkanes of at least 4 members (excludes halogenated alkanes) is 1. The van der Waals surface area contributed by atoms with Gasteiger partial charge in [0.2, 0.25) is 0 Å². The van der Waals surface area contributed by atoms with Crippen LogP contribution in [0.15, 0.2) is 133 Å². The van der Waals surface area contributed by atoms with Gasteiger partial charge in [-0.1, -0.05) is 147 Å². The van der Waals surface area contributed by atoms with Crippen LogP contribution < -0.4 is 0 Å². The van der Waals surface area contributed by atoms with Crippen molar-refractivity contribution in [3.05, 3.63) is 156 Å². The molecule has 4 aromatic carbocycles. The van der Waals surface area contributed by atoms with Gasteiger partial charge in [0.05, 0.1) is 18.8 Å². The Balaban J connectivity index is 1.43. The van der Waals surface area contributed by atoms with Crippen molar-refractivity contribution >= 4 is 0 Å². The molecular weight excluding hydrogens is 504 g/mol. The molecule has 0 spiro atoms. The van der Waals surface area contributed by atoms with Crippen molar-refractivity contribution in [2.24, 2.45) is 0 Å². The lowest BCUT2D eigenvalue weighted by Gasteiger charge is -2.43. The molecule has 212 valence electrons. The fraction of sp³-hybridized carbons (Fsp3) is 0.316. The summed E-state index contributed by atoms with van der Waals surface area (Å²) in [6, 6.07) is 42.0. The Bertz CT molecular complexity index is 1210. The molecule has 0 amide bonds. The van der Waals surface area contributed by atoms with E-state index in [1.807, 2.05) is 6.07 Å². The molecule has 5 rings (SSSR count). The van der Waals surface area contributed by atoms with E-state index >= 15 is 0 Å². The maximum Gasteiger partial charge on any atom is 0.160 e. The highest BCUT2D eigenvalue weighted by molar-refractivity contribution is 5.47. The number of hydrogen-bond donors (Lipinski definition) is 0. The van der Waals surface area contributed by atoms with Gasteiger partial charge in [-0.05, 0) is 47.9 Å². The van der Waals surface area contributed by atoms with Gasteiger partial charge in [-0.2, -0.15) is 0 Å². The third-order valence-corrected chi connectivity index (χ3v) is 7.82. The molecule has 1 saturated heterocycles. The zero-order chi connectivity index (χ0) is 28.2. The van der Waals surface area contributed by atoms with E-state index in [4.69, 9.17) is 14.2 Å². The summed E-state index contributed by atoms with van der Waals surface area (Å²) in [5.74, 6) is 0. The van der Waals surface area contributed by atoms with Crippen LogP contribution in [-0.4, -0.2) is 18.5 Å². The largest absolute Gasteiger partial charge is 0.371 e. The quantitative estimate of drug-likeness (QED) is 0.124. The fourth-order valence-electron chi connectivity index (χ4n) is 5.73. The molecule has 3 atom stereocenters. The first-order chi connectivity index (χ1) is 20.3. The smallest absolute Gasteiger partial charge is 0.160 e. The van der Waals surface area contributed by atoms with Crippen LogP contribution in [0.1, 0.15) is 67.7 Å². The Morgan fingerprint density at radius 1 is 0.683 bits per heavy atom. The van der Waals surface area contributed by atoms with Crippen molar-refractivity contribution in [1.29, 1.82) is 0 Å². The van der Waals surface area contributed by atoms with Gasteiger partial charge in [-0.3, -0.25) is 0 Å². The highest BCUT2D eigenvalue weighted by atomic mass is 16.7. The Morgan fingerprint density at radius 3 is 1.73 bits per heavy atom. The van der Waals surface area contributed by atoms with E-state index in [2.05, 4.69) is 134 Å². The molecule has 0 aliphatic carbocycles. The van der Waals surface area contributed by atoms with Crippen LogP contribution in [0.5, 0.6) is 0 Å². The monoisotopic (exact) mass is 546 g/mol. The molecular formula is C38H42O3. The molecule has 0 saturated carbocycles. The Labute approximate surface area is 245 Å². The van der Waals surface area contributed by atoms with E-state index in [-0.39, 0.29) is 18.5 Å². The number of allylic oxidation sites excluding steroid dienone is 2. The third kappa shape index (κ3) is 7.42. The summed E-state index contributed by atoms with van der Waals surface area (Å²) in [7, 11) is 0. The summed E-state index contributed by atoms with van der Waals surface area (Å²) < 4.78 is 20.5. The summed E-state index contributed by atoms with van der Waals surface area (Å²) in [5.41, 5.74) is 3.63.